The van der Waals surface area contributed by atoms with Crippen molar-refractivity contribution in [2.45, 2.75) is 15.3 Å². The second-order valence-electron chi connectivity index (χ2n) is 8.29. The van der Waals surface area contributed by atoms with Crippen LogP contribution in [0.3, 0.4) is 0 Å². The van der Waals surface area contributed by atoms with E-state index < -0.39 is 46.8 Å². The lowest BCUT2D eigenvalue weighted by Gasteiger charge is -2.16. The summed E-state index contributed by atoms with van der Waals surface area (Å²) in [7, 11) is -9.46. The fourth-order valence-electron chi connectivity index (χ4n) is 3.65. The first kappa shape index (κ1) is 28.9. The fraction of sp³-hybridized carbons (Fsp3) is 0.160. The number of carbonyl (C=O) groups is 1. The van der Waals surface area contributed by atoms with Gasteiger partial charge in [0, 0.05) is 30.8 Å². The lowest BCUT2D eigenvalue weighted by Crippen LogP contribution is -2.31. The van der Waals surface area contributed by atoms with Crippen molar-refractivity contribution in [2.75, 3.05) is 25.6 Å². The highest BCUT2D eigenvalue weighted by Gasteiger charge is 2.48. The molecule has 212 valence electrons. The van der Waals surface area contributed by atoms with Crippen molar-refractivity contribution in [3.8, 4) is 11.5 Å². The molecule has 0 fully saturated rings. The van der Waals surface area contributed by atoms with Crippen molar-refractivity contribution >= 4 is 42.4 Å². The maximum atomic E-state index is 13.4. The Labute approximate surface area is 227 Å². The van der Waals surface area contributed by atoms with Gasteiger partial charge >= 0.3 is 5.51 Å². The van der Waals surface area contributed by atoms with Gasteiger partial charge in [-0.25, -0.2) is 21.6 Å². The van der Waals surface area contributed by atoms with Crippen molar-refractivity contribution in [3.05, 3.63) is 78.5 Å². The van der Waals surface area contributed by atoms with Crippen LogP contribution in [-0.2, 0) is 24.6 Å². The van der Waals surface area contributed by atoms with Crippen LogP contribution >= 0.6 is 0 Å². The third kappa shape index (κ3) is 6.05. The minimum atomic E-state index is -5.96. The molecule has 1 heterocycles. The minimum Gasteiger partial charge on any atom is -0.457 e. The Hall–Kier alpha value is -4.08. The fourth-order valence-corrected chi connectivity index (χ4v) is 5.68. The number of aromatic amines is 1. The van der Waals surface area contributed by atoms with Crippen molar-refractivity contribution in [3.63, 3.8) is 0 Å². The highest BCUT2D eigenvalue weighted by atomic mass is 32.2. The molecule has 10 nitrogen and oxygen atoms in total. The molecule has 15 heteroatoms. The van der Waals surface area contributed by atoms with Crippen molar-refractivity contribution in [2.24, 2.45) is 0 Å². The summed E-state index contributed by atoms with van der Waals surface area (Å²) in [6.45, 7) is -0.0321. The summed E-state index contributed by atoms with van der Waals surface area (Å²) in [6.07, 6.45) is 1.73. The molecule has 0 spiro atoms. The number of methoxy groups -OCH3 is 1. The zero-order chi connectivity index (χ0) is 29.1. The molecule has 0 atom stereocenters. The van der Waals surface area contributed by atoms with Gasteiger partial charge in [0.1, 0.15) is 16.4 Å². The molecule has 0 saturated heterocycles. The van der Waals surface area contributed by atoms with Gasteiger partial charge in [0.05, 0.1) is 22.8 Å². The normalized spacial score (nSPS) is 12.3. The molecule has 1 aromatic heterocycles. The number of para-hydroxylation sites is 1. The van der Waals surface area contributed by atoms with E-state index in [0.29, 0.717) is 11.8 Å². The van der Waals surface area contributed by atoms with E-state index in [1.54, 1.807) is 41.3 Å². The number of H-pyrrole nitrogens is 1. The van der Waals surface area contributed by atoms with E-state index in [0.717, 1.165) is 23.0 Å². The van der Waals surface area contributed by atoms with E-state index in [9.17, 15) is 34.8 Å². The number of hydrogen-bond donors (Lipinski definition) is 3. The summed E-state index contributed by atoms with van der Waals surface area (Å²) >= 11 is 0. The van der Waals surface area contributed by atoms with Crippen LogP contribution in [0.25, 0.3) is 10.9 Å². The Balaban J connectivity index is 1.64. The van der Waals surface area contributed by atoms with E-state index in [1.165, 1.54) is 25.3 Å². The number of benzene rings is 3. The largest absolute Gasteiger partial charge is 0.501 e. The summed E-state index contributed by atoms with van der Waals surface area (Å²) in [5.74, 6) is -0.794. The van der Waals surface area contributed by atoms with E-state index in [1.807, 2.05) is 0 Å². The summed E-state index contributed by atoms with van der Waals surface area (Å²) in [5.41, 5.74) is -5.55. The number of sulfonamides is 1. The van der Waals surface area contributed by atoms with Gasteiger partial charge in [-0.1, -0.05) is 12.1 Å². The Morgan fingerprint density at radius 3 is 2.45 bits per heavy atom. The van der Waals surface area contributed by atoms with Gasteiger partial charge in [-0.2, -0.15) is 13.2 Å². The number of nitrogens with one attached hydrogen (secondary N) is 3. The summed E-state index contributed by atoms with van der Waals surface area (Å²) in [6, 6.07) is 14.7. The lowest BCUT2D eigenvalue weighted by molar-refractivity contribution is -0.0435. The average molecular weight is 598 g/mol. The zero-order valence-corrected chi connectivity index (χ0v) is 22.3. The molecule has 0 radical (unpaired) electrons. The molecule has 3 aromatic carbocycles. The first-order chi connectivity index (χ1) is 18.8. The second kappa shape index (κ2) is 11.2. The van der Waals surface area contributed by atoms with Gasteiger partial charge in [-0.15, -0.1) is 0 Å². The molecule has 0 saturated carbocycles. The third-order valence-corrected chi connectivity index (χ3v) is 8.45. The quantitative estimate of drug-likeness (QED) is 0.228. The number of aromatic nitrogens is 1. The minimum absolute atomic E-state index is 0.00288. The molecular weight excluding hydrogens is 575 g/mol. The molecular formula is C25H22F3N3O7S2. The molecule has 4 aromatic rings. The van der Waals surface area contributed by atoms with Crippen LogP contribution < -0.4 is 14.8 Å². The van der Waals surface area contributed by atoms with Crippen LogP contribution in [0.5, 0.6) is 11.5 Å². The molecule has 3 N–H and O–H groups in total. The smallest absolute Gasteiger partial charge is 0.457 e. The van der Waals surface area contributed by atoms with Crippen LogP contribution in [0.15, 0.2) is 82.7 Å². The van der Waals surface area contributed by atoms with Crippen LogP contribution in [-0.4, -0.2) is 53.5 Å². The van der Waals surface area contributed by atoms with Gasteiger partial charge in [-0.3, -0.25) is 4.79 Å². The van der Waals surface area contributed by atoms with E-state index in [-0.39, 0.29) is 24.5 Å². The molecule has 1 amide bonds. The number of rotatable bonds is 10. The molecule has 4 rings (SSSR count). The number of alkyl halides is 3. The summed E-state index contributed by atoms with van der Waals surface area (Å²) < 4.78 is 103. The van der Waals surface area contributed by atoms with Crippen LogP contribution in [0.1, 0.15) is 10.4 Å². The molecule has 0 aliphatic rings. The number of anilines is 1. The van der Waals surface area contributed by atoms with Gasteiger partial charge < -0.3 is 19.8 Å². The maximum absolute atomic E-state index is 13.4. The second-order valence-corrected chi connectivity index (χ2v) is 11.9. The highest BCUT2D eigenvalue weighted by molar-refractivity contribution is 7.92. The topological polar surface area (TPSA) is 144 Å². The van der Waals surface area contributed by atoms with Gasteiger partial charge in [-0.05, 0) is 54.6 Å². The Morgan fingerprint density at radius 1 is 0.975 bits per heavy atom. The van der Waals surface area contributed by atoms with Crippen LogP contribution in [0.2, 0.25) is 0 Å². The van der Waals surface area contributed by atoms with Gasteiger partial charge in [0.15, 0.2) is 0 Å². The first-order valence-corrected chi connectivity index (χ1v) is 14.4. The van der Waals surface area contributed by atoms with Crippen LogP contribution in [0.4, 0.5) is 18.9 Å². The molecule has 0 bridgehead atoms. The number of halogens is 3. The zero-order valence-electron chi connectivity index (χ0n) is 20.7. The maximum Gasteiger partial charge on any atom is 0.501 e. The van der Waals surface area contributed by atoms with Gasteiger partial charge in [0.2, 0.25) is 0 Å². The third-order valence-electron chi connectivity index (χ3n) is 5.59. The predicted octanol–water partition coefficient (Wildman–Crippen LogP) is 4.43. The van der Waals surface area contributed by atoms with Crippen LogP contribution in [0, 0.1) is 0 Å². The average Bonchev–Trinajstić information content (AvgIpc) is 3.36. The molecule has 0 aliphatic heterocycles. The number of fused-ring (bicyclic) bond motifs is 1. The molecule has 0 aliphatic carbocycles. The number of sulfone groups is 1. The Kier molecular flexibility index (Phi) is 8.09. The van der Waals surface area contributed by atoms with Crippen molar-refractivity contribution in [1.29, 1.82) is 0 Å². The van der Waals surface area contributed by atoms with Crippen molar-refractivity contribution < 1.29 is 44.3 Å². The van der Waals surface area contributed by atoms with Gasteiger partial charge in [0.25, 0.3) is 25.8 Å². The number of ether oxygens (including phenoxy) is 2. The molecule has 0 unspecified atom stereocenters. The predicted molar refractivity (Wildman–Crippen MR) is 140 cm³/mol. The van der Waals surface area contributed by atoms with Crippen molar-refractivity contribution in [1.82, 2.24) is 9.71 Å². The highest BCUT2D eigenvalue weighted by Crippen LogP contribution is 2.36. The summed E-state index contributed by atoms with van der Waals surface area (Å²) in [4.78, 5) is 13.8. The molecule has 40 heavy (non-hydrogen) atoms. The monoisotopic (exact) mass is 597 g/mol. The van der Waals surface area contributed by atoms with E-state index >= 15 is 0 Å². The number of amides is 1. The number of hydrogen-bond acceptors (Lipinski definition) is 8. The van der Waals surface area contributed by atoms with E-state index in [2.05, 4.69) is 10.3 Å². The Bertz CT molecular complexity index is 1770. The first-order valence-electron chi connectivity index (χ1n) is 11.4. The standard InChI is InChI=1S/C25H22F3N3O7S2/c1-37-13-12-30-21-9-7-18(15-23(21)39(33,34)25(26,27)28)40(35,36)31-24(32)19-4-2-3-5-22(19)38-17-6-8-20-16(14-17)10-11-29-20/h2-11,14-15,29-30H,12-13H2,1H3,(H,31,32). The lowest BCUT2D eigenvalue weighted by atomic mass is 10.2. The summed E-state index contributed by atoms with van der Waals surface area (Å²) in [5, 5.41) is 3.30. The van der Waals surface area contributed by atoms with E-state index in [4.69, 9.17) is 9.47 Å². The SMILES string of the molecule is COCCNc1ccc(S(=O)(=O)NC(=O)c2ccccc2Oc2ccc3[nH]ccc3c2)cc1S(=O)(=O)C(F)(F)F. The Morgan fingerprint density at radius 2 is 1.73 bits per heavy atom. The number of carbonyl (C=O) groups excluding carboxylic acids is 1.